The highest BCUT2D eigenvalue weighted by atomic mass is 19.1. The lowest BCUT2D eigenvalue weighted by atomic mass is 10.0. The molecule has 4 atom stereocenters. The normalized spacial score (nSPS) is 24.6. The number of fused-ring (bicyclic) bond motifs is 2. The molecule has 1 N–H and O–H groups in total. The van der Waals surface area contributed by atoms with E-state index in [2.05, 4.69) is 10.1 Å². The number of carbonyl (C=O) groups excluding carboxylic acids is 3. The van der Waals surface area contributed by atoms with Gasteiger partial charge in [0, 0.05) is 48.6 Å². The Balaban J connectivity index is 1.62. The second kappa shape index (κ2) is 9.90. The molecule has 2 amide bonds. The second-order valence-electron chi connectivity index (χ2n) is 10.3. The standard InChI is InChI=1S/C27H28F2N4O6/c1-14(2)31-24-19-7-4-15(3)32-11-27(19,24)33-10-18(22(35)23(21(33)26(32)37)39-13-38-12-34)25(36)30-9-16-5-6-17(28)8-20(16)29/h5-6,8,10,12,15,19,24H,4,7,9,11,13H2,1-3H3,(H,30,36). The molecule has 12 heteroatoms. The molecule has 1 saturated heterocycles. The number of benzene rings is 1. The Morgan fingerprint density at radius 1 is 1.26 bits per heavy atom. The fourth-order valence-corrected chi connectivity index (χ4v) is 5.86. The van der Waals surface area contributed by atoms with E-state index < -0.39 is 47.0 Å². The molecule has 1 saturated carbocycles. The van der Waals surface area contributed by atoms with Crippen LogP contribution in [0, 0.1) is 17.6 Å². The van der Waals surface area contributed by atoms with E-state index in [0.29, 0.717) is 12.6 Å². The molecule has 1 aliphatic carbocycles. The molecular formula is C27H28F2N4O6. The van der Waals surface area contributed by atoms with Crippen LogP contribution in [0.5, 0.6) is 5.75 Å². The summed E-state index contributed by atoms with van der Waals surface area (Å²) in [4.78, 5) is 57.8. The number of carbonyl (C=O) groups is 3. The summed E-state index contributed by atoms with van der Waals surface area (Å²) < 4.78 is 39.2. The summed E-state index contributed by atoms with van der Waals surface area (Å²) in [7, 11) is 0. The topological polar surface area (TPSA) is 119 Å². The number of nitrogens with one attached hydrogen (secondary N) is 1. The quantitative estimate of drug-likeness (QED) is 0.237. The maximum Gasteiger partial charge on any atom is 0.295 e. The zero-order chi connectivity index (χ0) is 28.1. The minimum atomic E-state index is -0.881. The van der Waals surface area contributed by atoms with E-state index in [1.54, 1.807) is 9.47 Å². The van der Waals surface area contributed by atoms with Crippen LogP contribution in [0.2, 0.25) is 0 Å². The molecule has 0 radical (unpaired) electrons. The highest BCUT2D eigenvalue weighted by Gasteiger charge is 2.70. The molecule has 206 valence electrons. The van der Waals surface area contributed by atoms with Crippen molar-refractivity contribution in [2.75, 3.05) is 13.3 Å². The lowest BCUT2D eigenvalue weighted by Gasteiger charge is -2.39. The van der Waals surface area contributed by atoms with Gasteiger partial charge in [-0.2, -0.15) is 0 Å². The third-order valence-electron chi connectivity index (χ3n) is 7.79. The molecule has 2 bridgehead atoms. The van der Waals surface area contributed by atoms with Crippen LogP contribution in [0.4, 0.5) is 8.78 Å². The Kier molecular flexibility index (Phi) is 6.73. The molecule has 1 aromatic heterocycles. The number of halogens is 2. The molecule has 10 nitrogen and oxygen atoms in total. The van der Waals surface area contributed by atoms with E-state index in [4.69, 9.17) is 9.73 Å². The van der Waals surface area contributed by atoms with Gasteiger partial charge in [-0.3, -0.25) is 24.2 Å². The van der Waals surface area contributed by atoms with E-state index in [1.165, 1.54) is 12.3 Å². The van der Waals surface area contributed by atoms with Crippen molar-refractivity contribution < 1.29 is 32.6 Å². The zero-order valence-electron chi connectivity index (χ0n) is 21.7. The molecule has 1 aromatic carbocycles. The number of hydrogen-bond acceptors (Lipinski definition) is 7. The highest BCUT2D eigenvalue weighted by Crippen LogP contribution is 2.60. The Labute approximate surface area is 222 Å². The van der Waals surface area contributed by atoms with Gasteiger partial charge in [-0.25, -0.2) is 8.78 Å². The van der Waals surface area contributed by atoms with Gasteiger partial charge in [0.15, 0.2) is 5.69 Å². The summed E-state index contributed by atoms with van der Waals surface area (Å²) in [6.45, 7) is 5.24. The van der Waals surface area contributed by atoms with Gasteiger partial charge < -0.3 is 24.3 Å². The van der Waals surface area contributed by atoms with E-state index in [-0.39, 0.29) is 47.8 Å². The molecule has 3 aliphatic rings. The molecule has 2 aromatic rings. The van der Waals surface area contributed by atoms with Crippen LogP contribution in [0.3, 0.4) is 0 Å². The fourth-order valence-electron chi connectivity index (χ4n) is 5.86. The number of aliphatic imine (C=N–C) groups is 1. The van der Waals surface area contributed by atoms with Crippen molar-refractivity contribution >= 4 is 24.0 Å². The molecule has 2 aliphatic heterocycles. The summed E-state index contributed by atoms with van der Waals surface area (Å²) >= 11 is 0. The average Bonchev–Trinajstić information content (AvgIpc) is 3.51. The predicted molar refractivity (Wildman–Crippen MR) is 135 cm³/mol. The number of amides is 2. The maximum absolute atomic E-state index is 14.1. The fraction of sp³-hybridized carbons (Fsp3) is 0.444. The van der Waals surface area contributed by atoms with Gasteiger partial charge in [0.25, 0.3) is 18.3 Å². The van der Waals surface area contributed by atoms with Crippen molar-refractivity contribution in [2.24, 2.45) is 10.9 Å². The lowest BCUT2D eigenvalue weighted by Crippen LogP contribution is -2.53. The predicted octanol–water partition coefficient (Wildman–Crippen LogP) is 2.38. The third kappa shape index (κ3) is 4.37. The number of aromatic nitrogens is 1. The highest BCUT2D eigenvalue weighted by molar-refractivity contribution is 6.00. The Bertz CT molecular complexity index is 1450. The van der Waals surface area contributed by atoms with E-state index >= 15 is 0 Å². The third-order valence-corrected chi connectivity index (χ3v) is 7.79. The molecule has 5 rings (SSSR count). The first-order chi connectivity index (χ1) is 18.6. The van der Waals surface area contributed by atoms with Crippen molar-refractivity contribution in [3.63, 3.8) is 0 Å². The van der Waals surface area contributed by atoms with Crippen LogP contribution in [0.1, 0.15) is 60.0 Å². The van der Waals surface area contributed by atoms with E-state index in [1.807, 2.05) is 20.8 Å². The van der Waals surface area contributed by atoms with Gasteiger partial charge in [0.05, 0.1) is 11.6 Å². The smallest absolute Gasteiger partial charge is 0.295 e. The van der Waals surface area contributed by atoms with Gasteiger partial charge in [-0.05, 0) is 39.7 Å². The van der Waals surface area contributed by atoms with Crippen molar-refractivity contribution in [1.82, 2.24) is 14.8 Å². The molecule has 39 heavy (non-hydrogen) atoms. The molecule has 1 spiro atoms. The molecular weight excluding hydrogens is 514 g/mol. The minimum absolute atomic E-state index is 0.0240. The van der Waals surface area contributed by atoms with Gasteiger partial charge in [0.2, 0.25) is 18.0 Å². The van der Waals surface area contributed by atoms with Gasteiger partial charge in [-0.15, -0.1) is 0 Å². The van der Waals surface area contributed by atoms with Crippen LogP contribution in [-0.2, 0) is 21.6 Å². The second-order valence-corrected chi connectivity index (χ2v) is 10.3. The summed E-state index contributed by atoms with van der Waals surface area (Å²) in [6.07, 6.45) is 2.88. The monoisotopic (exact) mass is 542 g/mol. The van der Waals surface area contributed by atoms with Crippen molar-refractivity contribution in [3.05, 3.63) is 63.1 Å². The minimum Gasteiger partial charge on any atom is -0.451 e. The van der Waals surface area contributed by atoms with Crippen molar-refractivity contribution in [1.29, 1.82) is 0 Å². The Morgan fingerprint density at radius 2 is 2.03 bits per heavy atom. The average molecular weight is 543 g/mol. The maximum atomic E-state index is 14.1. The van der Waals surface area contributed by atoms with Crippen LogP contribution in [-0.4, -0.2) is 58.9 Å². The number of rotatable bonds is 8. The summed E-state index contributed by atoms with van der Waals surface area (Å²) in [5.74, 6) is -3.24. The Morgan fingerprint density at radius 3 is 2.72 bits per heavy atom. The molecule has 4 unspecified atom stereocenters. The molecule has 2 fully saturated rings. The molecule has 3 heterocycles. The van der Waals surface area contributed by atoms with Gasteiger partial charge in [-0.1, -0.05) is 6.07 Å². The summed E-state index contributed by atoms with van der Waals surface area (Å²) in [6, 6.07) is 2.67. The summed E-state index contributed by atoms with van der Waals surface area (Å²) in [5, 5.41) is 2.49. The first-order valence-corrected chi connectivity index (χ1v) is 12.6. The largest absolute Gasteiger partial charge is 0.451 e. The Hall–Kier alpha value is -4.09. The van der Waals surface area contributed by atoms with Crippen LogP contribution in [0.15, 0.2) is 34.2 Å². The number of hydrogen-bond donors (Lipinski definition) is 1. The number of nitrogens with zero attached hydrogens (tertiary/aromatic N) is 3. The first-order valence-electron chi connectivity index (χ1n) is 12.6. The number of pyridine rings is 1. The van der Waals surface area contributed by atoms with Crippen molar-refractivity contribution in [3.8, 4) is 5.75 Å². The van der Waals surface area contributed by atoms with Gasteiger partial charge >= 0.3 is 0 Å². The zero-order valence-corrected chi connectivity index (χ0v) is 21.7. The summed E-state index contributed by atoms with van der Waals surface area (Å²) in [5.41, 5.74) is -1.06. The van der Waals surface area contributed by atoms with E-state index in [9.17, 15) is 28.0 Å². The number of ether oxygens (including phenoxy) is 2. The van der Waals surface area contributed by atoms with E-state index in [0.717, 1.165) is 24.6 Å². The van der Waals surface area contributed by atoms with Crippen LogP contribution >= 0.6 is 0 Å². The van der Waals surface area contributed by atoms with Gasteiger partial charge in [0.1, 0.15) is 17.2 Å². The van der Waals surface area contributed by atoms with Crippen LogP contribution < -0.4 is 15.5 Å². The SMILES string of the molecule is CC(C)=NC1C2CCC(C)N3CC21n1cc(C(=O)NCc2ccc(F)cc2F)c(=O)c(OCOC=O)c1C3=O. The van der Waals surface area contributed by atoms with Crippen molar-refractivity contribution in [2.45, 2.75) is 57.8 Å². The van der Waals surface area contributed by atoms with Crippen LogP contribution in [0.25, 0.3) is 0 Å². The lowest BCUT2D eigenvalue weighted by molar-refractivity contribution is -0.134. The first kappa shape index (κ1) is 26.5.